The molecule has 47 heavy (non-hydrogen) atoms. The molecular formula is C34H49FN6O6. The molecule has 0 radical (unpaired) electrons. The van der Waals surface area contributed by atoms with Crippen LogP contribution in [0, 0.1) is 11.7 Å². The van der Waals surface area contributed by atoms with Gasteiger partial charge in [0.05, 0.1) is 24.4 Å². The maximum atomic E-state index is 15.3. The Hall–Kier alpha value is -3.55. The second kappa shape index (κ2) is 13.5. The van der Waals surface area contributed by atoms with Crippen molar-refractivity contribution >= 4 is 34.4 Å². The Morgan fingerprint density at radius 2 is 1.70 bits per heavy atom. The Balaban J connectivity index is 1.10. The number of unbranched alkanes of at least 4 members (excludes halogenated alkanes) is 1. The number of piperazine rings is 1. The van der Waals surface area contributed by atoms with Gasteiger partial charge in [-0.2, -0.15) is 5.06 Å². The fourth-order valence-electron chi connectivity index (χ4n) is 7.72. The molecule has 3 aliphatic rings. The summed E-state index contributed by atoms with van der Waals surface area (Å²) in [5, 5.41) is 14.6. The average Bonchev–Trinajstić information content (AvgIpc) is 3.85. The van der Waals surface area contributed by atoms with E-state index in [1.54, 1.807) is 22.6 Å². The highest BCUT2D eigenvalue weighted by Crippen LogP contribution is 2.41. The Bertz CT molecular complexity index is 1560. The lowest BCUT2D eigenvalue weighted by Gasteiger charge is -2.52. The van der Waals surface area contributed by atoms with Crippen LogP contribution in [0.3, 0.4) is 0 Å². The second-order valence-electron chi connectivity index (χ2n) is 14.5. The number of hydrogen-bond donors (Lipinski definition) is 3. The van der Waals surface area contributed by atoms with Gasteiger partial charge >= 0.3 is 5.97 Å². The maximum Gasteiger partial charge on any atom is 0.341 e. The molecule has 4 N–H and O–H groups in total. The lowest BCUT2D eigenvalue weighted by molar-refractivity contribution is -0.270. The molecule has 12 nitrogen and oxygen atoms in total. The minimum absolute atomic E-state index is 0.0452. The maximum absolute atomic E-state index is 15.3. The van der Waals surface area contributed by atoms with E-state index >= 15 is 4.39 Å². The van der Waals surface area contributed by atoms with E-state index < -0.39 is 23.3 Å². The molecule has 3 heterocycles. The Kier molecular flexibility index (Phi) is 10.0. The second-order valence-corrected chi connectivity index (χ2v) is 14.5. The highest BCUT2D eigenvalue weighted by atomic mass is 19.1. The third-order valence-electron chi connectivity index (χ3n) is 9.91. The summed E-state index contributed by atoms with van der Waals surface area (Å²) in [6.45, 7) is 10.4. The van der Waals surface area contributed by atoms with Crippen molar-refractivity contribution in [3.63, 3.8) is 0 Å². The lowest BCUT2D eigenvalue weighted by atomic mass is 9.75. The van der Waals surface area contributed by atoms with Crippen LogP contribution in [0.15, 0.2) is 23.1 Å². The third-order valence-corrected chi connectivity index (χ3v) is 9.91. The molecule has 2 saturated heterocycles. The van der Waals surface area contributed by atoms with Crippen LogP contribution in [-0.2, 0) is 14.4 Å². The summed E-state index contributed by atoms with van der Waals surface area (Å²) < 4.78 is 17.1. The largest absolute Gasteiger partial charge is 0.477 e. The van der Waals surface area contributed by atoms with E-state index in [0.29, 0.717) is 76.0 Å². The number of anilines is 1. The number of rotatable bonds is 11. The summed E-state index contributed by atoms with van der Waals surface area (Å²) in [6, 6.07) is 2.19. The van der Waals surface area contributed by atoms with Crippen LogP contribution in [0.2, 0.25) is 0 Å². The molecule has 1 atom stereocenters. The van der Waals surface area contributed by atoms with Gasteiger partial charge in [-0.25, -0.2) is 9.18 Å². The molecule has 1 aromatic heterocycles. The number of aromatic nitrogens is 1. The predicted octanol–water partition coefficient (Wildman–Crippen LogP) is 3.27. The van der Waals surface area contributed by atoms with Gasteiger partial charge in [0, 0.05) is 67.3 Å². The molecule has 5 rings (SSSR count). The SMILES string of the molecule is CON1C(C)(C)CC(C(=O)NCCCC[C@H](N)C(=O)N2CCN(c3cc4c(cc3F)c(=O)c(C(=O)O)cn4C3CC3)CC2)CC1(C)C. The molecule has 1 saturated carbocycles. The fourth-order valence-corrected chi connectivity index (χ4v) is 7.72. The number of hydrogen-bond acceptors (Lipinski definition) is 8. The number of benzene rings is 1. The van der Waals surface area contributed by atoms with E-state index in [9.17, 15) is 24.3 Å². The van der Waals surface area contributed by atoms with Gasteiger partial charge < -0.3 is 35.4 Å². The number of nitrogens with one attached hydrogen (secondary N) is 1. The number of piperidine rings is 1. The average molecular weight is 657 g/mol. The normalized spacial score (nSPS) is 20.7. The van der Waals surface area contributed by atoms with Crippen LogP contribution >= 0.6 is 0 Å². The van der Waals surface area contributed by atoms with Crippen molar-refractivity contribution in [3.8, 4) is 0 Å². The first kappa shape index (κ1) is 34.8. The number of aromatic carboxylic acids is 1. The number of pyridine rings is 1. The number of carboxylic acids is 1. The molecule has 1 aliphatic carbocycles. The molecule has 0 unspecified atom stereocenters. The summed E-state index contributed by atoms with van der Waals surface area (Å²) in [5.74, 6) is -2.14. The number of carbonyl (C=O) groups excluding carboxylic acids is 2. The third kappa shape index (κ3) is 7.31. The van der Waals surface area contributed by atoms with Crippen LogP contribution in [0.4, 0.5) is 10.1 Å². The van der Waals surface area contributed by atoms with Crippen molar-refractivity contribution in [2.24, 2.45) is 11.7 Å². The monoisotopic (exact) mass is 656 g/mol. The number of amides is 2. The molecule has 1 aromatic carbocycles. The Morgan fingerprint density at radius 1 is 1.06 bits per heavy atom. The minimum atomic E-state index is -1.33. The zero-order valence-corrected chi connectivity index (χ0v) is 28.2. The summed E-state index contributed by atoms with van der Waals surface area (Å²) in [4.78, 5) is 59.7. The first-order valence-corrected chi connectivity index (χ1v) is 16.7. The van der Waals surface area contributed by atoms with Crippen LogP contribution in [0.5, 0.6) is 0 Å². The molecular weight excluding hydrogens is 607 g/mol. The van der Waals surface area contributed by atoms with Gasteiger partial charge in [-0.3, -0.25) is 14.4 Å². The zero-order valence-electron chi connectivity index (χ0n) is 28.2. The van der Waals surface area contributed by atoms with Crippen molar-refractivity contribution < 1.29 is 28.7 Å². The molecule has 2 aromatic rings. The summed E-state index contributed by atoms with van der Waals surface area (Å²) >= 11 is 0. The van der Waals surface area contributed by atoms with Crippen molar-refractivity contribution in [1.82, 2.24) is 19.8 Å². The number of nitrogens with two attached hydrogens (primary N) is 1. The first-order chi connectivity index (χ1) is 22.1. The summed E-state index contributed by atoms with van der Waals surface area (Å²) in [7, 11) is 1.67. The standard InChI is InChI=1S/C34H49FN6O6/c1-33(2)18-21(19-34(3,4)41(33)47-5)30(43)37-11-7-6-8-26(36)31(44)39-14-12-38(13-15-39)28-17-27-23(16-25(28)35)29(42)24(32(45)46)20-40(27)22-9-10-22/h16-17,20-22,26H,6-15,18-19,36H2,1-5H3,(H,37,43)(H,45,46)/t26-/m0/s1. The smallest absolute Gasteiger partial charge is 0.341 e. The summed E-state index contributed by atoms with van der Waals surface area (Å²) in [5.41, 5.74) is 5.52. The van der Waals surface area contributed by atoms with Gasteiger partial charge in [0.2, 0.25) is 17.2 Å². The fraction of sp³-hybridized carbons (Fsp3) is 0.647. The molecule has 258 valence electrons. The molecule has 3 fully saturated rings. The van der Waals surface area contributed by atoms with Crippen molar-refractivity contribution in [2.45, 2.75) is 95.8 Å². The number of halogens is 1. The lowest BCUT2D eigenvalue weighted by Crippen LogP contribution is -2.61. The number of hydroxylamine groups is 2. The van der Waals surface area contributed by atoms with Gasteiger partial charge in [-0.1, -0.05) is 0 Å². The molecule has 0 spiro atoms. The first-order valence-electron chi connectivity index (χ1n) is 16.7. The van der Waals surface area contributed by atoms with Crippen molar-refractivity contribution in [2.75, 3.05) is 44.7 Å². The number of fused-ring (bicyclic) bond motifs is 1. The van der Waals surface area contributed by atoms with Gasteiger partial charge in [-0.05, 0) is 84.8 Å². The minimum Gasteiger partial charge on any atom is -0.477 e. The number of carboxylic acid groups (broad SMARTS) is 1. The van der Waals surface area contributed by atoms with E-state index in [1.165, 1.54) is 6.20 Å². The number of carbonyl (C=O) groups is 3. The van der Waals surface area contributed by atoms with Gasteiger partial charge in [0.25, 0.3) is 0 Å². The highest BCUT2D eigenvalue weighted by molar-refractivity contribution is 5.93. The molecule has 13 heteroatoms. The van der Waals surface area contributed by atoms with Gasteiger partial charge in [-0.15, -0.1) is 0 Å². The van der Waals surface area contributed by atoms with E-state index in [-0.39, 0.29) is 45.8 Å². The van der Waals surface area contributed by atoms with Crippen molar-refractivity contribution in [3.05, 3.63) is 39.9 Å². The van der Waals surface area contributed by atoms with Crippen LogP contribution in [0.1, 0.15) is 89.0 Å². The van der Waals surface area contributed by atoms with Crippen LogP contribution in [-0.4, -0.2) is 94.4 Å². The van der Waals surface area contributed by atoms with E-state index in [2.05, 4.69) is 33.0 Å². The van der Waals surface area contributed by atoms with Crippen LogP contribution in [0.25, 0.3) is 10.9 Å². The van der Waals surface area contributed by atoms with Crippen molar-refractivity contribution in [1.29, 1.82) is 0 Å². The van der Waals surface area contributed by atoms with E-state index in [1.807, 2.05) is 9.96 Å². The quantitative estimate of drug-likeness (QED) is 0.310. The highest BCUT2D eigenvalue weighted by Gasteiger charge is 2.48. The Labute approximate surface area is 274 Å². The Morgan fingerprint density at radius 3 is 2.28 bits per heavy atom. The summed E-state index contributed by atoms with van der Waals surface area (Å²) in [6.07, 6.45) is 6.41. The molecule has 2 aliphatic heterocycles. The van der Waals surface area contributed by atoms with Gasteiger partial charge in [0.15, 0.2) is 0 Å². The zero-order chi connectivity index (χ0) is 34.3. The topological polar surface area (TPSA) is 150 Å². The van der Waals surface area contributed by atoms with E-state index in [4.69, 9.17) is 10.6 Å². The van der Waals surface area contributed by atoms with E-state index in [0.717, 1.165) is 18.9 Å². The molecule has 2 amide bonds. The molecule has 0 bridgehead atoms. The number of nitrogens with zero attached hydrogens (tertiary/aromatic N) is 4. The van der Waals surface area contributed by atoms with Crippen LogP contribution < -0.4 is 21.4 Å². The predicted molar refractivity (Wildman–Crippen MR) is 177 cm³/mol. The van der Waals surface area contributed by atoms with Gasteiger partial charge in [0.1, 0.15) is 11.4 Å².